The Bertz CT molecular complexity index is 669. The molecule has 8 heteroatoms. The summed E-state index contributed by atoms with van der Waals surface area (Å²) in [4.78, 5) is 11.8. The van der Waals surface area contributed by atoms with Gasteiger partial charge in [-0.05, 0) is 18.2 Å². The maximum atomic E-state index is 11.8. The molecule has 1 aliphatic rings. The lowest BCUT2D eigenvalue weighted by Crippen LogP contribution is -2.42. The number of benzene rings is 1. The number of hydrogen-bond acceptors (Lipinski definition) is 4. The van der Waals surface area contributed by atoms with Gasteiger partial charge in [-0.1, -0.05) is 6.07 Å². The zero-order valence-corrected chi connectivity index (χ0v) is 11.9. The van der Waals surface area contributed by atoms with Crippen LogP contribution in [0, 0.1) is 11.3 Å². The SMILES string of the molecule is N#Cc1cccc(NC(=O)NC2CS(=O)(=O)CC2Cl)c1. The number of carbonyl (C=O) groups is 1. The minimum absolute atomic E-state index is 0.135. The molecular weight excluding hydrogens is 302 g/mol. The lowest BCUT2D eigenvalue weighted by Gasteiger charge is -2.15. The summed E-state index contributed by atoms with van der Waals surface area (Å²) >= 11 is 5.89. The Morgan fingerprint density at radius 3 is 2.75 bits per heavy atom. The highest BCUT2D eigenvalue weighted by atomic mass is 35.5. The van der Waals surface area contributed by atoms with Crippen LogP contribution < -0.4 is 10.6 Å². The van der Waals surface area contributed by atoms with E-state index in [9.17, 15) is 13.2 Å². The fourth-order valence-corrected chi connectivity index (χ4v) is 4.49. The van der Waals surface area contributed by atoms with Crippen molar-refractivity contribution in [1.29, 1.82) is 5.26 Å². The number of sulfone groups is 1. The van der Waals surface area contributed by atoms with Crippen molar-refractivity contribution < 1.29 is 13.2 Å². The van der Waals surface area contributed by atoms with Gasteiger partial charge < -0.3 is 10.6 Å². The zero-order chi connectivity index (χ0) is 14.8. The normalized spacial score (nSPS) is 23.8. The van der Waals surface area contributed by atoms with Gasteiger partial charge in [-0.25, -0.2) is 13.2 Å². The Labute approximate surface area is 121 Å². The molecule has 20 heavy (non-hydrogen) atoms. The standard InChI is InChI=1S/C12H12ClN3O3S/c13-10-6-20(18,19)7-11(10)16-12(17)15-9-3-1-2-8(4-9)5-14/h1-4,10-11H,6-7H2,(H2,15,16,17). The van der Waals surface area contributed by atoms with Gasteiger partial charge in [-0.15, -0.1) is 11.6 Å². The maximum absolute atomic E-state index is 11.8. The molecule has 2 amide bonds. The van der Waals surface area contributed by atoms with E-state index in [1.165, 1.54) is 6.07 Å². The van der Waals surface area contributed by atoms with Crippen LogP contribution in [0.25, 0.3) is 0 Å². The average molecular weight is 314 g/mol. The van der Waals surface area contributed by atoms with Crippen molar-refractivity contribution in [2.75, 3.05) is 16.8 Å². The predicted octanol–water partition coefficient (Wildman–Crippen LogP) is 1.08. The Balaban J connectivity index is 1.98. The number of rotatable bonds is 2. The largest absolute Gasteiger partial charge is 0.333 e. The van der Waals surface area contributed by atoms with Crippen molar-refractivity contribution in [2.45, 2.75) is 11.4 Å². The average Bonchev–Trinajstić information content (AvgIpc) is 2.62. The number of carbonyl (C=O) groups excluding carboxylic acids is 1. The molecule has 0 spiro atoms. The summed E-state index contributed by atoms with van der Waals surface area (Å²) in [5.41, 5.74) is 0.870. The molecule has 1 aliphatic heterocycles. The fourth-order valence-electron chi connectivity index (χ4n) is 1.94. The van der Waals surface area contributed by atoms with Crippen LogP contribution in [0.1, 0.15) is 5.56 Å². The molecule has 0 aliphatic carbocycles. The van der Waals surface area contributed by atoms with E-state index in [2.05, 4.69) is 10.6 Å². The molecule has 2 unspecified atom stereocenters. The van der Waals surface area contributed by atoms with Gasteiger partial charge in [-0.3, -0.25) is 0 Å². The topological polar surface area (TPSA) is 99.1 Å². The van der Waals surface area contributed by atoms with Crippen molar-refractivity contribution in [3.8, 4) is 6.07 Å². The molecule has 2 rings (SSSR count). The van der Waals surface area contributed by atoms with E-state index in [1.807, 2.05) is 6.07 Å². The molecule has 1 fully saturated rings. The highest BCUT2D eigenvalue weighted by Crippen LogP contribution is 2.18. The number of nitriles is 1. The monoisotopic (exact) mass is 313 g/mol. The van der Waals surface area contributed by atoms with Crippen LogP contribution in [0.3, 0.4) is 0 Å². The molecule has 1 aromatic rings. The summed E-state index contributed by atoms with van der Waals surface area (Å²) in [5.74, 6) is -0.295. The van der Waals surface area contributed by atoms with Crippen LogP contribution in [0.2, 0.25) is 0 Å². The highest BCUT2D eigenvalue weighted by molar-refractivity contribution is 7.91. The summed E-state index contributed by atoms with van der Waals surface area (Å²) in [5, 5.41) is 13.2. The first kappa shape index (κ1) is 14.6. The molecule has 6 nitrogen and oxygen atoms in total. The minimum Gasteiger partial charge on any atom is -0.333 e. The van der Waals surface area contributed by atoms with Gasteiger partial charge in [0.25, 0.3) is 0 Å². The van der Waals surface area contributed by atoms with E-state index >= 15 is 0 Å². The van der Waals surface area contributed by atoms with Crippen molar-refractivity contribution in [1.82, 2.24) is 5.32 Å². The van der Waals surface area contributed by atoms with Crippen molar-refractivity contribution >= 4 is 33.2 Å². The predicted molar refractivity (Wildman–Crippen MR) is 75.4 cm³/mol. The van der Waals surface area contributed by atoms with Gasteiger partial charge in [0.2, 0.25) is 0 Å². The summed E-state index contributed by atoms with van der Waals surface area (Å²) in [6.07, 6.45) is 0. The third-order valence-electron chi connectivity index (χ3n) is 2.85. The molecule has 1 saturated heterocycles. The molecule has 0 bridgehead atoms. The first-order valence-electron chi connectivity index (χ1n) is 5.82. The third-order valence-corrected chi connectivity index (χ3v) is 5.22. The second-order valence-corrected chi connectivity index (χ2v) is 7.20. The summed E-state index contributed by atoms with van der Waals surface area (Å²) in [6, 6.07) is 7.20. The van der Waals surface area contributed by atoms with Gasteiger partial charge in [0.15, 0.2) is 9.84 Å². The van der Waals surface area contributed by atoms with Gasteiger partial charge in [0.1, 0.15) is 0 Å². The lowest BCUT2D eigenvalue weighted by atomic mass is 10.2. The second-order valence-electron chi connectivity index (χ2n) is 4.49. The Hall–Kier alpha value is -1.78. The van der Waals surface area contributed by atoms with Crippen LogP contribution in [-0.2, 0) is 9.84 Å². The van der Waals surface area contributed by atoms with E-state index in [-0.39, 0.29) is 11.5 Å². The van der Waals surface area contributed by atoms with Crippen molar-refractivity contribution in [3.63, 3.8) is 0 Å². The second kappa shape index (κ2) is 5.69. The van der Waals surface area contributed by atoms with Crippen LogP contribution in [0.4, 0.5) is 10.5 Å². The minimum atomic E-state index is -3.19. The molecule has 1 aromatic carbocycles. The molecule has 0 aromatic heterocycles. The number of halogens is 1. The van der Waals surface area contributed by atoms with Crippen LogP contribution in [-0.4, -0.2) is 37.4 Å². The van der Waals surface area contributed by atoms with Gasteiger partial charge in [0.05, 0.1) is 34.6 Å². The summed E-state index contributed by atoms with van der Waals surface area (Å²) < 4.78 is 22.8. The molecule has 0 radical (unpaired) electrons. The molecule has 106 valence electrons. The van der Waals surface area contributed by atoms with Crippen LogP contribution >= 0.6 is 11.6 Å². The van der Waals surface area contributed by atoms with E-state index < -0.39 is 27.3 Å². The molecule has 0 saturated carbocycles. The number of nitrogens with one attached hydrogen (secondary N) is 2. The van der Waals surface area contributed by atoms with E-state index in [0.29, 0.717) is 11.3 Å². The molecule has 1 heterocycles. The number of anilines is 1. The quantitative estimate of drug-likeness (QED) is 0.798. The van der Waals surface area contributed by atoms with Crippen LogP contribution in [0.5, 0.6) is 0 Å². The Morgan fingerprint density at radius 1 is 1.40 bits per heavy atom. The number of urea groups is 1. The van der Waals surface area contributed by atoms with Gasteiger partial charge in [0, 0.05) is 5.69 Å². The fraction of sp³-hybridized carbons (Fsp3) is 0.333. The Kier molecular flexibility index (Phi) is 4.16. The first-order valence-corrected chi connectivity index (χ1v) is 8.07. The highest BCUT2D eigenvalue weighted by Gasteiger charge is 2.37. The summed E-state index contributed by atoms with van der Waals surface area (Å²) in [6.45, 7) is 0. The van der Waals surface area contributed by atoms with Crippen LogP contribution in [0.15, 0.2) is 24.3 Å². The van der Waals surface area contributed by atoms with Gasteiger partial charge >= 0.3 is 6.03 Å². The zero-order valence-electron chi connectivity index (χ0n) is 10.3. The first-order chi connectivity index (χ1) is 9.39. The van der Waals surface area contributed by atoms with E-state index in [4.69, 9.17) is 16.9 Å². The lowest BCUT2D eigenvalue weighted by molar-refractivity contribution is 0.249. The third kappa shape index (κ3) is 3.62. The number of amides is 2. The van der Waals surface area contributed by atoms with E-state index in [0.717, 1.165) is 0 Å². The number of hydrogen-bond donors (Lipinski definition) is 2. The van der Waals surface area contributed by atoms with Gasteiger partial charge in [-0.2, -0.15) is 5.26 Å². The summed E-state index contributed by atoms with van der Waals surface area (Å²) in [7, 11) is -3.19. The number of nitrogens with zero attached hydrogens (tertiary/aromatic N) is 1. The smallest absolute Gasteiger partial charge is 0.319 e. The Morgan fingerprint density at radius 2 is 2.15 bits per heavy atom. The van der Waals surface area contributed by atoms with Crippen molar-refractivity contribution in [2.24, 2.45) is 0 Å². The maximum Gasteiger partial charge on any atom is 0.319 e. The molecule has 2 atom stereocenters. The van der Waals surface area contributed by atoms with Crippen molar-refractivity contribution in [3.05, 3.63) is 29.8 Å². The van der Waals surface area contributed by atoms with E-state index in [1.54, 1.807) is 18.2 Å². The molecule has 2 N–H and O–H groups in total. The number of alkyl halides is 1. The molecular formula is C12H12ClN3O3S.